The van der Waals surface area contributed by atoms with Crippen LogP contribution in [0.2, 0.25) is 0 Å². The van der Waals surface area contributed by atoms with Gasteiger partial charge in [0.1, 0.15) is 0 Å². The lowest BCUT2D eigenvalue weighted by atomic mass is 10.0. The summed E-state index contributed by atoms with van der Waals surface area (Å²) in [6.07, 6.45) is 5.20. The number of hydrogen-bond donors (Lipinski definition) is 2. The lowest BCUT2D eigenvalue weighted by Gasteiger charge is -2.37. The molecule has 0 saturated carbocycles. The number of rotatable bonds is 9. The van der Waals surface area contributed by atoms with E-state index in [4.69, 9.17) is 9.84 Å². The van der Waals surface area contributed by atoms with Crippen molar-refractivity contribution in [1.29, 1.82) is 0 Å². The van der Waals surface area contributed by atoms with Crippen LogP contribution in [0.15, 0.2) is 18.3 Å². The van der Waals surface area contributed by atoms with E-state index in [9.17, 15) is 9.59 Å². The first-order valence-electron chi connectivity index (χ1n) is 9.64. The number of urea groups is 1. The van der Waals surface area contributed by atoms with E-state index >= 15 is 0 Å². The van der Waals surface area contributed by atoms with Crippen molar-refractivity contribution < 1.29 is 19.4 Å². The minimum absolute atomic E-state index is 0.0473. The second-order valence-corrected chi connectivity index (χ2v) is 6.69. The van der Waals surface area contributed by atoms with Gasteiger partial charge < -0.3 is 20.1 Å². The van der Waals surface area contributed by atoms with Gasteiger partial charge in [0.05, 0.1) is 25.0 Å². The van der Waals surface area contributed by atoms with Crippen LogP contribution in [0.5, 0.6) is 5.88 Å². The number of carboxylic acid groups (broad SMARTS) is 1. The molecule has 1 aromatic rings. The van der Waals surface area contributed by atoms with Gasteiger partial charge in [0.2, 0.25) is 5.88 Å². The monoisotopic (exact) mass is 378 g/mol. The fourth-order valence-electron chi connectivity index (χ4n) is 3.17. The molecule has 0 radical (unpaired) electrons. The highest BCUT2D eigenvalue weighted by molar-refractivity contribution is 5.89. The Morgan fingerprint density at radius 1 is 1.33 bits per heavy atom. The molecule has 150 valence electrons. The Morgan fingerprint density at radius 3 is 2.63 bits per heavy atom. The quantitative estimate of drug-likeness (QED) is 0.642. The number of anilines is 1. The van der Waals surface area contributed by atoms with E-state index in [1.807, 2.05) is 11.8 Å². The van der Waals surface area contributed by atoms with Crippen LogP contribution in [-0.4, -0.2) is 70.7 Å². The van der Waals surface area contributed by atoms with E-state index in [-0.39, 0.29) is 18.6 Å². The minimum atomic E-state index is -0.813. The summed E-state index contributed by atoms with van der Waals surface area (Å²) in [4.78, 5) is 31.3. The predicted octanol–water partition coefficient (Wildman–Crippen LogP) is 2.66. The zero-order chi connectivity index (χ0) is 19.6. The van der Waals surface area contributed by atoms with Gasteiger partial charge in [-0.05, 0) is 31.9 Å². The van der Waals surface area contributed by atoms with Crippen LogP contribution in [0.1, 0.15) is 39.5 Å². The largest absolute Gasteiger partial charge is 0.480 e. The molecule has 0 bridgehead atoms. The topological polar surface area (TPSA) is 95.0 Å². The van der Waals surface area contributed by atoms with E-state index < -0.39 is 5.97 Å². The molecule has 0 aromatic carbocycles. The number of carbonyl (C=O) groups is 2. The van der Waals surface area contributed by atoms with Crippen molar-refractivity contribution in [3.8, 4) is 5.88 Å². The number of nitrogens with one attached hydrogen (secondary N) is 1. The number of amides is 2. The molecule has 2 heterocycles. The normalized spacial score (nSPS) is 15.0. The summed E-state index contributed by atoms with van der Waals surface area (Å²) < 4.78 is 5.51. The first kappa shape index (κ1) is 21.0. The standard InChI is InChI=1S/C19H30N4O4/c1-3-5-12-27-17-7-6-15(13-20-17)21-19(26)23-10-8-16(9-11-23)22(4-2)14-18(24)25/h6-7,13,16H,3-5,8-12,14H2,1-2H3,(H,21,26)(H,24,25). The summed E-state index contributed by atoms with van der Waals surface area (Å²) in [5.74, 6) is -0.257. The maximum atomic E-state index is 12.4. The van der Waals surface area contributed by atoms with Gasteiger partial charge in [-0.1, -0.05) is 20.3 Å². The Morgan fingerprint density at radius 2 is 2.07 bits per heavy atom. The van der Waals surface area contributed by atoms with Gasteiger partial charge >= 0.3 is 12.0 Å². The Balaban J connectivity index is 1.79. The number of carbonyl (C=O) groups excluding carboxylic acids is 1. The zero-order valence-corrected chi connectivity index (χ0v) is 16.2. The van der Waals surface area contributed by atoms with Crippen LogP contribution in [-0.2, 0) is 4.79 Å². The Kier molecular flexibility index (Phi) is 8.32. The van der Waals surface area contributed by atoms with Crippen LogP contribution in [0.4, 0.5) is 10.5 Å². The number of ether oxygens (including phenoxy) is 1. The van der Waals surface area contributed by atoms with Crippen LogP contribution in [0.25, 0.3) is 0 Å². The number of piperidine rings is 1. The first-order valence-corrected chi connectivity index (χ1v) is 9.64. The molecule has 27 heavy (non-hydrogen) atoms. The average Bonchev–Trinajstić information content (AvgIpc) is 2.67. The molecule has 2 rings (SSSR count). The second kappa shape index (κ2) is 10.7. The summed E-state index contributed by atoms with van der Waals surface area (Å²) >= 11 is 0. The maximum Gasteiger partial charge on any atom is 0.321 e. The molecule has 2 N–H and O–H groups in total. The van der Waals surface area contributed by atoms with Gasteiger partial charge in [-0.25, -0.2) is 9.78 Å². The molecule has 0 atom stereocenters. The summed E-state index contributed by atoms with van der Waals surface area (Å²) in [6.45, 7) is 6.67. The number of unbranched alkanes of at least 4 members (excludes halogenated alkanes) is 1. The Bertz CT molecular complexity index is 600. The van der Waals surface area contributed by atoms with Crippen LogP contribution in [0.3, 0.4) is 0 Å². The number of pyridine rings is 1. The maximum absolute atomic E-state index is 12.4. The lowest BCUT2D eigenvalue weighted by Crippen LogP contribution is -2.49. The number of likely N-dealkylation sites (N-methyl/N-ethyl adjacent to an activating group) is 1. The van der Waals surface area contributed by atoms with Crippen molar-refractivity contribution in [3.05, 3.63) is 18.3 Å². The Labute approximate surface area is 160 Å². The van der Waals surface area contributed by atoms with Crippen LogP contribution >= 0.6 is 0 Å². The van der Waals surface area contributed by atoms with Crippen molar-refractivity contribution >= 4 is 17.7 Å². The number of hydrogen-bond acceptors (Lipinski definition) is 5. The lowest BCUT2D eigenvalue weighted by molar-refractivity contribution is -0.139. The summed E-state index contributed by atoms with van der Waals surface area (Å²) in [5.41, 5.74) is 0.631. The number of aromatic nitrogens is 1. The van der Waals surface area contributed by atoms with Gasteiger partial charge in [0.15, 0.2) is 0 Å². The molecular formula is C19H30N4O4. The third kappa shape index (κ3) is 6.71. The number of carboxylic acids is 1. The average molecular weight is 378 g/mol. The molecule has 1 aliphatic heterocycles. The van der Waals surface area contributed by atoms with Gasteiger partial charge in [-0.3, -0.25) is 9.69 Å². The van der Waals surface area contributed by atoms with E-state index in [2.05, 4.69) is 17.2 Å². The van der Waals surface area contributed by atoms with Crippen molar-refractivity contribution in [2.45, 2.75) is 45.6 Å². The first-order chi connectivity index (χ1) is 13.0. The molecule has 2 amide bonds. The van der Waals surface area contributed by atoms with E-state index in [1.54, 1.807) is 23.2 Å². The molecular weight excluding hydrogens is 348 g/mol. The number of likely N-dealkylation sites (tertiary alicyclic amines) is 1. The number of nitrogens with zero attached hydrogens (tertiary/aromatic N) is 3. The summed E-state index contributed by atoms with van der Waals surface area (Å²) in [7, 11) is 0. The van der Waals surface area contributed by atoms with Gasteiger partial charge in [-0.15, -0.1) is 0 Å². The molecule has 1 aromatic heterocycles. The SMILES string of the molecule is CCCCOc1ccc(NC(=O)N2CCC(N(CC)CC(=O)O)CC2)cn1. The highest BCUT2D eigenvalue weighted by Crippen LogP contribution is 2.18. The fraction of sp³-hybridized carbons (Fsp3) is 0.632. The van der Waals surface area contributed by atoms with Crippen molar-refractivity contribution in [2.24, 2.45) is 0 Å². The molecule has 0 spiro atoms. The van der Waals surface area contributed by atoms with Gasteiger partial charge in [0, 0.05) is 25.2 Å². The van der Waals surface area contributed by atoms with Gasteiger partial charge in [-0.2, -0.15) is 0 Å². The molecule has 1 aliphatic rings. The zero-order valence-electron chi connectivity index (χ0n) is 16.2. The molecule has 8 nitrogen and oxygen atoms in total. The third-order valence-electron chi connectivity index (χ3n) is 4.75. The van der Waals surface area contributed by atoms with Crippen molar-refractivity contribution in [3.63, 3.8) is 0 Å². The molecule has 1 saturated heterocycles. The summed E-state index contributed by atoms with van der Waals surface area (Å²) in [6, 6.07) is 3.58. The van der Waals surface area contributed by atoms with Crippen LogP contribution in [0, 0.1) is 0 Å². The smallest absolute Gasteiger partial charge is 0.321 e. The predicted molar refractivity (Wildman–Crippen MR) is 103 cm³/mol. The fourth-order valence-corrected chi connectivity index (χ4v) is 3.17. The van der Waals surface area contributed by atoms with E-state index in [1.165, 1.54) is 0 Å². The van der Waals surface area contributed by atoms with E-state index in [0.29, 0.717) is 37.8 Å². The van der Waals surface area contributed by atoms with Crippen molar-refractivity contribution in [1.82, 2.24) is 14.8 Å². The third-order valence-corrected chi connectivity index (χ3v) is 4.75. The molecule has 8 heteroatoms. The highest BCUT2D eigenvalue weighted by atomic mass is 16.5. The molecule has 0 unspecified atom stereocenters. The van der Waals surface area contributed by atoms with E-state index in [0.717, 1.165) is 25.7 Å². The molecule has 0 aliphatic carbocycles. The van der Waals surface area contributed by atoms with Crippen molar-refractivity contribution in [2.75, 3.05) is 38.1 Å². The number of aliphatic carboxylic acids is 1. The van der Waals surface area contributed by atoms with Crippen LogP contribution < -0.4 is 10.1 Å². The van der Waals surface area contributed by atoms with Gasteiger partial charge in [0.25, 0.3) is 0 Å². The summed E-state index contributed by atoms with van der Waals surface area (Å²) in [5, 5.41) is 11.9. The minimum Gasteiger partial charge on any atom is -0.480 e. The highest BCUT2D eigenvalue weighted by Gasteiger charge is 2.27. The Hall–Kier alpha value is -2.35. The molecule has 1 fully saturated rings. The second-order valence-electron chi connectivity index (χ2n) is 6.69.